The fourth-order valence-electron chi connectivity index (χ4n) is 2.84. The van der Waals surface area contributed by atoms with Crippen LogP contribution in [0.4, 0.5) is 0 Å². The molecule has 2 rings (SSSR count). The minimum atomic E-state index is -0.119. The lowest BCUT2D eigenvalue weighted by Gasteiger charge is -2.18. The van der Waals surface area contributed by atoms with E-state index < -0.39 is 0 Å². The molecule has 27 heavy (non-hydrogen) atoms. The number of hydrogen-bond acceptors (Lipinski definition) is 4. The largest absolute Gasteiger partial charge is 0.496 e. The Hall–Kier alpha value is -2.69. The number of nitrogens with one attached hydrogen (secondary N) is 1. The van der Waals surface area contributed by atoms with Crippen molar-refractivity contribution in [3.05, 3.63) is 53.6 Å². The molecule has 1 atom stereocenters. The van der Waals surface area contributed by atoms with E-state index in [-0.39, 0.29) is 11.9 Å². The zero-order valence-corrected chi connectivity index (χ0v) is 16.6. The molecular weight excluding hydrogens is 342 g/mol. The lowest BCUT2D eigenvalue weighted by atomic mass is 10.0. The van der Waals surface area contributed by atoms with Crippen molar-refractivity contribution in [1.82, 2.24) is 5.32 Å². The number of carbonyl (C=O) groups is 1. The third kappa shape index (κ3) is 6.20. The van der Waals surface area contributed by atoms with Gasteiger partial charge in [0.2, 0.25) is 5.91 Å². The van der Waals surface area contributed by atoms with E-state index in [2.05, 4.69) is 5.32 Å². The molecule has 5 heteroatoms. The van der Waals surface area contributed by atoms with Gasteiger partial charge in [-0.1, -0.05) is 29.8 Å². The maximum atomic E-state index is 12.3. The van der Waals surface area contributed by atoms with Crippen LogP contribution in [0.15, 0.2) is 42.5 Å². The van der Waals surface area contributed by atoms with Crippen LogP contribution in [0.25, 0.3) is 0 Å². The van der Waals surface area contributed by atoms with Gasteiger partial charge in [0.05, 0.1) is 26.4 Å². The van der Waals surface area contributed by atoms with Gasteiger partial charge in [-0.2, -0.15) is 0 Å². The first kappa shape index (κ1) is 20.6. The van der Waals surface area contributed by atoms with Gasteiger partial charge in [0.1, 0.15) is 5.75 Å². The van der Waals surface area contributed by atoms with Crippen molar-refractivity contribution in [3.8, 4) is 17.2 Å². The molecule has 0 spiro atoms. The molecule has 0 radical (unpaired) electrons. The average Bonchev–Trinajstić information content (AvgIpc) is 2.66. The van der Waals surface area contributed by atoms with Crippen LogP contribution < -0.4 is 19.5 Å². The molecule has 0 heterocycles. The lowest BCUT2D eigenvalue weighted by molar-refractivity contribution is -0.121. The maximum Gasteiger partial charge on any atom is 0.220 e. The summed E-state index contributed by atoms with van der Waals surface area (Å²) in [7, 11) is 1.64. The van der Waals surface area contributed by atoms with E-state index in [0.717, 1.165) is 22.6 Å². The molecule has 0 saturated carbocycles. The van der Waals surface area contributed by atoms with E-state index >= 15 is 0 Å². The Morgan fingerprint density at radius 1 is 1.07 bits per heavy atom. The average molecular weight is 371 g/mol. The van der Waals surface area contributed by atoms with Gasteiger partial charge in [-0.05, 0) is 45.4 Å². The third-order valence-corrected chi connectivity index (χ3v) is 4.18. The molecule has 0 aliphatic rings. The molecule has 0 unspecified atom stereocenters. The highest BCUT2D eigenvalue weighted by Gasteiger charge is 2.14. The fourth-order valence-corrected chi connectivity index (χ4v) is 2.84. The van der Waals surface area contributed by atoms with Crippen molar-refractivity contribution in [3.63, 3.8) is 0 Å². The van der Waals surface area contributed by atoms with Crippen LogP contribution in [0.1, 0.15) is 43.9 Å². The molecule has 5 nitrogen and oxygen atoms in total. The van der Waals surface area contributed by atoms with Crippen LogP contribution in [-0.2, 0) is 4.79 Å². The summed E-state index contributed by atoms with van der Waals surface area (Å²) in [5.74, 6) is 2.21. The van der Waals surface area contributed by atoms with Crippen molar-refractivity contribution in [2.75, 3.05) is 20.3 Å². The summed E-state index contributed by atoms with van der Waals surface area (Å²) in [6, 6.07) is 13.4. The Kier molecular flexibility index (Phi) is 7.99. The highest BCUT2D eigenvalue weighted by molar-refractivity contribution is 5.76. The van der Waals surface area contributed by atoms with Crippen molar-refractivity contribution in [2.24, 2.45) is 0 Å². The first-order valence-corrected chi connectivity index (χ1v) is 9.33. The SMILES string of the molecule is CCOc1ccccc1OCCCC(=O)N[C@H](C)c1cc(C)ccc1OC. The number of aryl methyl sites for hydroxylation is 1. The van der Waals surface area contributed by atoms with Crippen LogP contribution in [0, 0.1) is 6.92 Å². The van der Waals surface area contributed by atoms with Gasteiger partial charge in [0.15, 0.2) is 11.5 Å². The highest BCUT2D eigenvalue weighted by atomic mass is 16.5. The summed E-state index contributed by atoms with van der Waals surface area (Å²) < 4.78 is 16.7. The zero-order valence-electron chi connectivity index (χ0n) is 16.6. The van der Waals surface area contributed by atoms with Crippen molar-refractivity contribution in [1.29, 1.82) is 0 Å². The Bertz CT molecular complexity index is 745. The molecular formula is C22H29NO4. The summed E-state index contributed by atoms with van der Waals surface area (Å²) in [4.78, 5) is 12.3. The van der Waals surface area contributed by atoms with Gasteiger partial charge in [0.25, 0.3) is 0 Å². The third-order valence-electron chi connectivity index (χ3n) is 4.18. The Morgan fingerprint density at radius 2 is 1.78 bits per heavy atom. The number of hydrogen-bond donors (Lipinski definition) is 1. The molecule has 0 saturated heterocycles. The molecule has 2 aromatic carbocycles. The predicted molar refractivity (Wildman–Crippen MR) is 107 cm³/mol. The van der Waals surface area contributed by atoms with Crippen LogP contribution in [-0.4, -0.2) is 26.2 Å². The van der Waals surface area contributed by atoms with E-state index in [0.29, 0.717) is 31.8 Å². The second-order valence-corrected chi connectivity index (χ2v) is 6.37. The number of carbonyl (C=O) groups excluding carboxylic acids is 1. The van der Waals surface area contributed by atoms with Gasteiger partial charge < -0.3 is 19.5 Å². The zero-order chi connectivity index (χ0) is 19.6. The number of amides is 1. The Balaban J connectivity index is 1.81. The number of rotatable bonds is 10. The summed E-state index contributed by atoms with van der Waals surface area (Å²) >= 11 is 0. The van der Waals surface area contributed by atoms with E-state index in [9.17, 15) is 4.79 Å². The van der Waals surface area contributed by atoms with E-state index in [1.54, 1.807) is 7.11 Å². The predicted octanol–water partition coefficient (Wildman–Crippen LogP) is 4.44. The minimum absolute atomic E-state index is 0.00671. The van der Waals surface area contributed by atoms with Crippen LogP contribution in [0.5, 0.6) is 17.2 Å². The normalized spacial score (nSPS) is 11.6. The van der Waals surface area contributed by atoms with Crippen molar-refractivity contribution < 1.29 is 19.0 Å². The summed E-state index contributed by atoms with van der Waals surface area (Å²) in [6.07, 6.45) is 1.03. The van der Waals surface area contributed by atoms with E-state index in [4.69, 9.17) is 14.2 Å². The number of ether oxygens (including phenoxy) is 3. The topological polar surface area (TPSA) is 56.8 Å². The molecule has 0 fully saturated rings. The molecule has 2 aromatic rings. The fraction of sp³-hybridized carbons (Fsp3) is 0.409. The van der Waals surface area contributed by atoms with E-state index in [1.807, 2.05) is 63.2 Å². The Labute approximate surface area is 161 Å². The monoisotopic (exact) mass is 371 g/mol. The minimum Gasteiger partial charge on any atom is -0.496 e. The quantitative estimate of drug-likeness (QED) is 0.628. The van der Waals surface area contributed by atoms with Crippen LogP contribution >= 0.6 is 0 Å². The number of methoxy groups -OCH3 is 1. The Morgan fingerprint density at radius 3 is 2.44 bits per heavy atom. The maximum absolute atomic E-state index is 12.3. The first-order chi connectivity index (χ1) is 13.0. The second-order valence-electron chi connectivity index (χ2n) is 6.37. The van der Waals surface area contributed by atoms with E-state index in [1.165, 1.54) is 0 Å². The molecule has 1 N–H and O–H groups in total. The van der Waals surface area contributed by atoms with Crippen molar-refractivity contribution in [2.45, 2.75) is 39.7 Å². The summed E-state index contributed by atoms with van der Waals surface area (Å²) in [5, 5.41) is 3.03. The number of benzene rings is 2. The van der Waals surface area contributed by atoms with Gasteiger partial charge in [-0.15, -0.1) is 0 Å². The smallest absolute Gasteiger partial charge is 0.220 e. The molecule has 0 aliphatic heterocycles. The van der Waals surface area contributed by atoms with Crippen LogP contribution in [0.3, 0.4) is 0 Å². The van der Waals surface area contributed by atoms with Crippen LogP contribution in [0.2, 0.25) is 0 Å². The summed E-state index contributed by atoms with van der Waals surface area (Å²) in [5.41, 5.74) is 2.11. The molecule has 146 valence electrons. The molecule has 1 amide bonds. The molecule has 0 aliphatic carbocycles. The highest BCUT2D eigenvalue weighted by Crippen LogP contribution is 2.27. The lowest BCUT2D eigenvalue weighted by Crippen LogP contribution is -2.27. The second kappa shape index (κ2) is 10.5. The molecule has 0 bridgehead atoms. The first-order valence-electron chi connectivity index (χ1n) is 9.33. The van der Waals surface area contributed by atoms with Gasteiger partial charge >= 0.3 is 0 Å². The van der Waals surface area contributed by atoms with Crippen molar-refractivity contribution >= 4 is 5.91 Å². The standard InChI is InChI=1S/C22H29NO4/c1-5-26-20-9-6-7-10-21(20)27-14-8-11-22(24)23-17(3)18-15-16(2)12-13-19(18)25-4/h6-7,9-10,12-13,15,17H,5,8,11,14H2,1-4H3,(H,23,24)/t17-/m1/s1. The molecule has 0 aromatic heterocycles. The van der Waals surface area contributed by atoms with Gasteiger partial charge in [0, 0.05) is 12.0 Å². The number of para-hydroxylation sites is 2. The summed E-state index contributed by atoms with van der Waals surface area (Å²) in [6.45, 7) is 6.97. The van der Waals surface area contributed by atoms with Gasteiger partial charge in [-0.25, -0.2) is 0 Å². The van der Waals surface area contributed by atoms with Gasteiger partial charge in [-0.3, -0.25) is 4.79 Å².